The summed E-state index contributed by atoms with van der Waals surface area (Å²) in [6, 6.07) is 8.04. The largest absolute Gasteiger partial charge is 0.338 e. The number of anilines is 1. The van der Waals surface area contributed by atoms with Crippen LogP contribution in [0.15, 0.2) is 30.3 Å². The van der Waals surface area contributed by atoms with Crippen LogP contribution in [0.2, 0.25) is 0 Å². The van der Waals surface area contributed by atoms with Gasteiger partial charge in [0.1, 0.15) is 6.42 Å². The Morgan fingerprint density at radius 3 is 2.29 bits per heavy atom. The monoisotopic (exact) mass is 232 g/mol. The fourth-order valence-electron chi connectivity index (χ4n) is 1.78. The van der Waals surface area contributed by atoms with Crippen LogP contribution in [0.4, 0.5) is 10.5 Å². The van der Waals surface area contributed by atoms with Crippen LogP contribution in [0.25, 0.3) is 0 Å². The first-order valence-corrected chi connectivity index (χ1v) is 5.37. The summed E-state index contributed by atoms with van der Waals surface area (Å²) in [4.78, 5) is 37.3. The van der Waals surface area contributed by atoms with Crippen LogP contribution < -0.4 is 4.90 Å². The van der Waals surface area contributed by atoms with Gasteiger partial charge in [-0.05, 0) is 19.1 Å². The van der Waals surface area contributed by atoms with Crippen LogP contribution in [0.3, 0.4) is 0 Å². The molecule has 1 aliphatic rings. The Labute approximate surface area is 98.6 Å². The molecular weight excluding hydrogens is 220 g/mol. The fraction of sp³-hybridized carbons (Fsp3) is 0.250. The Kier molecular flexibility index (Phi) is 2.91. The van der Waals surface area contributed by atoms with Gasteiger partial charge in [-0.25, -0.2) is 9.69 Å². The molecule has 0 aliphatic carbocycles. The second-order valence-corrected chi connectivity index (χ2v) is 3.66. The standard InChI is InChI=1S/C12H12N2O3/c1-2-13-10(15)8-11(16)14(12(13)17)9-6-4-3-5-7-9/h3-7H,2,8H2,1H3. The lowest BCUT2D eigenvalue weighted by molar-refractivity contribution is -0.134. The minimum atomic E-state index is -0.569. The van der Waals surface area contributed by atoms with Gasteiger partial charge in [-0.15, -0.1) is 0 Å². The van der Waals surface area contributed by atoms with Gasteiger partial charge in [0, 0.05) is 6.54 Å². The quantitative estimate of drug-likeness (QED) is 0.724. The topological polar surface area (TPSA) is 57.7 Å². The molecule has 0 N–H and O–H groups in total. The lowest BCUT2D eigenvalue weighted by Gasteiger charge is -2.31. The lowest BCUT2D eigenvalue weighted by atomic mass is 10.2. The molecule has 1 aromatic carbocycles. The third-order valence-corrected chi connectivity index (χ3v) is 2.61. The highest BCUT2D eigenvalue weighted by Crippen LogP contribution is 2.20. The first-order chi connectivity index (χ1) is 8.15. The molecule has 0 aromatic heterocycles. The average molecular weight is 232 g/mol. The number of barbiturate groups is 1. The van der Waals surface area contributed by atoms with Gasteiger partial charge >= 0.3 is 6.03 Å². The maximum atomic E-state index is 12.0. The predicted molar refractivity (Wildman–Crippen MR) is 61.3 cm³/mol. The number of carbonyl (C=O) groups excluding carboxylic acids is 3. The van der Waals surface area contributed by atoms with Gasteiger partial charge in [0.15, 0.2) is 0 Å². The van der Waals surface area contributed by atoms with E-state index in [1.807, 2.05) is 0 Å². The van der Waals surface area contributed by atoms with Gasteiger partial charge in [-0.3, -0.25) is 14.5 Å². The van der Waals surface area contributed by atoms with Crippen LogP contribution in [-0.4, -0.2) is 29.3 Å². The molecule has 4 amide bonds. The SMILES string of the molecule is CCN1C(=O)CC(=O)N(c2ccccc2)C1=O. The maximum Gasteiger partial charge on any atom is 0.338 e. The van der Waals surface area contributed by atoms with E-state index in [0.29, 0.717) is 5.69 Å². The Bertz CT molecular complexity index is 470. The Morgan fingerprint density at radius 2 is 1.71 bits per heavy atom. The minimum absolute atomic E-state index is 0.255. The van der Waals surface area contributed by atoms with E-state index >= 15 is 0 Å². The molecule has 0 bridgehead atoms. The molecule has 17 heavy (non-hydrogen) atoms. The number of para-hydroxylation sites is 1. The average Bonchev–Trinajstić information content (AvgIpc) is 2.30. The molecule has 0 atom stereocenters. The van der Waals surface area contributed by atoms with Crippen molar-refractivity contribution in [2.45, 2.75) is 13.3 Å². The van der Waals surface area contributed by atoms with Crippen LogP contribution in [0, 0.1) is 0 Å². The summed E-state index contributed by atoms with van der Waals surface area (Å²) in [5.74, 6) is -0.911. The molecule has 0 saturated carbocycles. The molecular formula is C12H12N2O3. The second-order valence-electron chi connectivity index (χ2n) is 3.66. The van der Waals surface area contributed by atoms with Crippen LogP contribution in [0.1, 0.15) is 13.3 Å². The van der Waals surface area contributed by atoms with E-state index < -0.39 is 17.8 Å². The van der Waals surface area contributed by atoms with Gasteiger partial charge in [-0.2, -0.15) is 0 Å². The van der Waals surface area contributed by atoms with Crippen molar-refractivity contribution in [1.82, 2.24) is 4.90 Å². The minimum Gasteiger partial charge on any atom is -0.274 e. The van der Waals surface area contributed by atoms with Crippen LogP contribution in [0.5, 0.6) is 0 Å². The van der Waals surface area contributed by atoms with E-state index in [9.17, 15) is 14.4 Å². The van der Waals surface area contributed by atoms with Gasteiger partial charge in [0.25, 0.3) is 0 Å². The molecule has 0 spiro atoms. The van der Waals surface area contributed by atoms with Crippen molar-refractivity contribution in [3.8, 4) is 0 Å². The number of benzene rings is 1. The molecule has 1 aliphatic heterocycles. The summed E-state index contributed by atoms with van der Waals surface area (Å²) in [5.41, 5.74) is 0.494. The molecule has 0 unspecified atom stereocenters. The van der Waals surface area contributed by atoms with Gasteiger partial charge in [-0.1, -0.05) is 18.2 Å². The number of nitrogens with zero attached hydrogens (tertiary/aromatic N) is 2. The van der Waals surface area contributed by atoms with Gasteiger partial charge in [0.2, 0.25) is 11.8 Å². The summed E-state index contributed by atoms with van der Waals surface area (Å²) < 4.78 is 0. The number of rotatable bonds is 2. The van der Waals surface area contributed by atoms with Crippen molar-refractivity contribution in [3.63, 3.8) is 0 Å². The summed E-state index contributed by atoms with van der Waals surface area (Å²) >= 11 is 0. The summed E-state index contributed by atoms with van der Waals surface area (Å²) in [5, 5.41) is 0. The molecule has 1 heterocycles. The normalized spacial score (nSPS) is 16.6. The predicted octanol–water partition coefficient (Wildman–Crippen LogP) is 1.39. The number of hydrogen-bond acceptors (Lipinski definition) is 3. The molecule has 1 fully saturated rings. The van der Waals surface area contributed by atoms with Crippen molar-refractivity contribution in [1.29, 1.82) is 0 Å². The van der Waals surface area contributed by atoms with Crippen molar-refractivity contribution in [2.24, 2.45) is 0 Å². The highest BCUT2D eigenvalue weighted by atomic mass is 16.2. The molecule has 88 valence electrons. The van der Waals surface area contributed by atoms with E-state index in [0.717, 1.165) is 9.80 Å². The number of hydrogen-bond donors (Lipinski definition) is 0. The number of amides is 4. The zero-order valence-corrected chi connectivity index (χ0v) is 9.42. The van der Waals surface area contributed by atoms with Crippen LogP contribution in [-0.2, 0) is 9.59 Å². The lowest BCUT2D eigenvalue weighted by Crippen LogP contribution is -2.55. The van der Waals surface area contributed by atoms with E-state index in [1.165, 1.54) is 0 Å². The highest BCUT2D eigenvalue weighted by Gasteiger charge is 2.37. The van der Waals surface area contributed by atoms with Crippen LogP contribution >= 0.6 is 0 Å². The van der Waals surface area contributed by atoms with Gasteiger partial charge in [0.05, 0.1) is 5.69 Å². The zero-order valence-electron chi connectivity index (χ0n) is 9.42. The van der Waals surface area contributed by atoms with E-state index in [1.54, 1.807) is 37.3 Å². The third-order valence-electron chi connectivity index (χ3n) is 2.61. The first-order valence-electron chi connectivity index (χ1n) is 5.37. The Hall–Kier alpha value is -2.17. The third kappa shape index (κ3) is 1.91. The molecule has 1 saturated heterocycles. The second kappa shape index (κ2) is 4.37. The highest BCUT2D eigenvalue weighted by molar-refractivity contribution is 6.26. The summed E-state index contributed by atoms with van der Waals surface area (Å²) in [7, 11) is 0. The molecule has 5 nitrogen and oxygen atoms in total. The van der Waals surface area contributed by atoms with Crippen molar-refractivity contribution < 1.29 is 14.4 Å². The van der Waals surface area contributed by atoms with Crippen molar-refractivity contribution in [2.75, 3.05) is 11.4 Å². The summed E-state index contributed by atoms with van der Waals surface area (Å²) in [6.07, 6.45) is -0.255. The molecule has 1 aromatic rings. The van der Waals surface area contributed by atoms with Crippen molar-refractivity contribution in [3.05, 3.63) is 30.3 Å². The molecule has 2 rings (SSSR count). The number of imide groups is 2. The Morgan fingerprint density at radius 1 is 1.06 bits per heavy atom. The maximum absolute atomic E-state index is 12.0. The zero-order chi connectivity index (χ0) is 12.4. The number of urea groups is 1. The smallest absolute Gasteiger partial charge is 0.274 e. The first kappa shape index (κ1) is 11.3. The Balaban J connectivity index is 2.37. The van der Waals surface area contributed by atoms with Crippen molar-refractivity contribution >= 4 is 23.5 Å². The van der Waals surface area contributed by atoms with E-state index in [-0.39, 0.29) is 13.0 Å². The fourth-order valence-corrected chi connectivity index (χ4v) is 1.78. The van der Waals surface area contributed by atoms with Gasteiger partial charge < -0.3 is 0 Å². The molecule has 5 heteroatoms. The molecule has 0 radical (unpaired) electrons. The number of carbonyl (C=O) groups is 3. The van der Waals surface area contributed by atoms with E-state index in [2.05, 4.69) is 0 Å². The van der Waals surface area contributed by atoms with E-state index in [4.69, 9.17) is 0 Å². The summed E-state index contributed by atoms with van der Waals surface area (Å²) in [6.45, 7) is 1.98.